The number of amides is 1. The van der Waals surface area contributed by atoms with Crippen LogP contribution in [0.2, 0.25) is 0 Å². The summed E-state index contributed by atoms with van der Waals surface area (Å²) in [6.45, 7) is 5.18. The largest absolute Gasteiger partial charge is 1.00 e. The fraction of sp³-hybridized carbons (Fsp3) is 0.467. The molecule has 122 valence electrons. The first-order valence-corrected chi connectivity index (χ1v) is 7.44. The Morgan fingerprint density at radius 1 is 1.35 bits per heavy atom. The van der Waals surface area contributed by atoms with Crippen molar-refractivity contribution in [3.05, 3.63) is 28.2 Å². The van der Waals surface area contributed by atoms with Gasteiger partial charge >= 0.3 is 41.6 Å². The molecule has 1 atom stereocenters. The summed E-state index contributed by atoms with van der Waals surface area (Å²) < 4.78 is 10.2. The molecule has 1 N–H and O–H groups in total. The molecule has 0 spiro atoms. The molecule has 1 amide bonds. The van der Waals surface area contributed by atoms with Crippen LogP contribution in [0.15, 0.2) is 22.7 Å². The van der Waals surface area contributed by atoms with Crippen LogP contribution in [0.5, 0.6) is 5.75 Å². The maximum atomic E-state index is 11.8. The number of alkyl carbamates (subject to hydrolysis) is 1. The average molecular weight is 396 g/mol. The van der Waals surface area contributed by atoms with Crippen LogP contribution in [0.25, 0.3) is 0 Å². The molecule has 6 nitrogen and oxygen atoms in total. The number of ether oxygens (including phenoxy) is 2. The average Bonchev–Trinajstić information content (AvgIpc) is 2.39. The van der Waals surface area contributed by atoms with E-state index in [4.69, 9.17) is 4.74 Å². The Hall–Kier alpha value is -0.760. The normalized spacial score (nSPS) is 11.9. The maximum absolute atomic E-state index is 11.8. The van der Waals surface area contributed by atoms with Crippen molar-refractivity contribution in [3.8, 4) is 5.75 Å². The van der Waals surface area contributed by atoms with Gasteiger partial charge in [-0.05, 0) is 32.4 Å². The molecule has 0 aromatic heterocycles. The zero-order chi connectivity index (χ0) is 16.9. The van der Waals surface area contributed by atoms with E-state index in [-0.39, 0.29) is 41.7 Å². The zero-order valence-corrected chi connectivity index (χ0v) is 17.5. The number of carbonyl (C=O) groups is 2. The van der Waals surface area contributed by atoms with Crippen molar-refractivity contribution in [3.63, 3.8) is 0 Å². The topological polar surface area (TPSA) is 87.7 Å². The van der Waals surface area contributed by atoms with E-state index in [1.807, 2.05) is 0 Å². The summed E-state index contributed by atoms with van der Waals surface area (Å²) in [5.41, 5.74) is 0.0378. The summed E-state index contributed by atoms with van der Waals surface area (Å²) in [4.78, 5) is 23.6. The van der Waals surface area contributed by atoms with E-state index in [0.717, 1.165) is 0 Å². The Morgan fingerprint density at radius 3 is 2.43 bits per heavy atom. The van der Waals surface area contributed by atoms with Gasteiger partial charge in [-0.3, -0.25) is 0 Å². The molecule has 1 aromatic rings. The number of methoxy groups -OCH3 is 1. The second kappa shape index (κ2) is 9.52. The van der Waals surface area contributed by atoms with Crippen molar-refractivity contribution in [1.29, 1.82) is 0 Å². The Kier molecular flexibility index (Phi) is 9.20. The van der Waals surface area contributed by atoms with Crippen LogP contribution in [0.1, 0.15) is 26.3 Å². The summed E-state index contributed by atoms with van der Waals surface area (Å²) in [5.74, 6) is -0.744. The predicted molar refractivity (Wildman–Crippen MR) is 82.5 cm³/mol. The molecule has 0 aliphatic carbocycles. The minimum absolute atomic E-state index is 0. The van der Waals surface area contributed by atoms with Crippen LogP contribution in [0, 0.1) is 0 Å². The van der Waals surface area contributed by atoms with Crippen molar-refractivity contribution < 1.29 is 53.7 Å². The number of nitrogens with one attached hydrogen (secondary N) is 1. The van der Waals surface area contributed by atoms with Gasteiger partial charge in [0.15, 0.2) is 0 Å². The fourth-order valence-corrected chi connectivity index (χ4v) is 2.12. The van der Waals surface area contributed by atoms with Crippen LogP contribution in [-0.4, -0.2) is 30.8 Å². The fourth-order valence-electron chi connectivity index (χ4n) is 1.69. The van der Waals surface area contributed by atoms with Crippen molar-refractivity contribution in [2.24, 2.45) is 0 Å². The Bertz CT molecular complexity index is 559. The Morgan fingerprint density at radius 2 is 1.96 bits per heavy atom. The van der Waals surface area contributed by atoms with Crippen molar-refractivity contribution in [2.75, 3.05) is 7.11 Å². The third kappa shape index (κ3) is 8.06. The Balaban J connectivity index is 0.00000484. The molecule has 0 unspecified atom stereocenters. The molecule has 0 aliphatic heterocycles. The first-order valence-electron chi connectivity index (χ1n) is 6.65. The quantitative estimate of drug-likeness (QED) is 0.529. The second-order valence-corrected chi connectivity index (χ2v) is 6.55. The van der Waals surface area contributed by atoms with E-state index in [0.29, 0.717) is 10.0 Å². The number of halogens is 1. The van der Waals surface area contributed by atoms with E-state index < -0.39 is 23.7 Å². The molecule has 0 bridgehead atoms. The Labute approximate surface area is 166 Å². The van der Waals surface area contributed by atoms with Crippen LogP contribution in [0.4, 0.5) is 4.79 Å². The van der Waals surface area contributed by atoms with Gasteiger partial charge in [0, 0.05) is 10.9 Å². The predicted octanol–water partition coefficient (Wildman–Crippen LogP) is -0.864. The standard InChI is InChI=1S/C15H20BrNO5.Na/c1-15(2,3)22-14(20)17-11(13(19)21-4)8-9-5-6-12(18)10(16)7-9;/h5-7,11,18H,8H2,1-4H3,(H,17,20);/q;+1/p-1/t11-;/m1./s1. The van der Waals surface area contributed by atoms with Crippen molar-refractivity contribution >= 4 is 28.0 Å². The summed E-state index contributed by atoms with van der Waals surface area (Å²) in [5, 5.41) is 13.8. The van der Waals surface area contributed by atoms with E-state index in [1.165, 1.54) is 13.2 Å². The zero-order valence-electron chi connectivity index (χ0n) is 13.9. The molecule has 0 radical (unpaired) electrons. The number of esters is 1. The van der Waals surface area contributed by atoms with E-state index in [1.54, 1.807) is 32.9 Å². The molecule has 0 heterocycles. The third-order valence-electron chi connectivity index (χ3n) is 2.61. The van der Waals surface area contributed by atoms with Gasteiger partial charge in [-0.2, -0.15) is 0 Å². The molecule has 0 saturated carbocycles. The number of rotatable bonds is 4. The molecule has 0 fully saturated rings. The van der Waals surface area contributed by atoms with Gasteiger partial charge in [0.2, 0.25) is 0 Å². The van der Waals surface area contributed by atoms with E-state index in [2.05, 4.69) is 26.0 Å². The molecule has 1 aromatic carbocycles. The van der Waals surface area contributed by atoms with Crippen LogP contribution < -0.4 is 40.0 Å². The molecule has 8 heteroatoms. The summed E-state index contributed by atoms with van der Waals surface area (Å²) in [6, 6.07) is 3.69. The van der Waals surface area contributed by atoms with Gasteiger partial charge in [-0.25, -0.2) is 9.59 Å². The molecule has 1 rings (SSSR count). The SMILES string of the molecule is COC(=O)[C@@H](Cc1ccc([O-])c(Br)c1)NC(=O)OC(C)(C)C.[Na+]. The number of hydrogen-bond acceptors (Lipinski definition) is 5. The molecular formula is C15H19BrNNaO5. The minimum atomic E-state index is -0.899. The van der Waals surface area contributed by atoms with Crippen molar-refractivity contribution in [1.82, 2.24) is 5.32 Å². The number of hydrogen-bond donors (Lipinski definition) is 1. The minimum Gasteiger partial charge on any atom is -0.872 e. The van der Waals surface area contributed by atoms with Gasteiger partial charge in [-0.1, -0.05) is 33.8 Å². The van der Waals surface area contributed by atoms with Crippen LogP contribution >= 0.6 is 15.9 Å². The van der Waals surface area contributed by atoms with Crippen LogP contribution in [-0.2, 0) is 20.7 Å². The van der Waals surface area contributed by atoms with Gasteiger partial charge < -0.3 is 19.9 Å². The van der Waals surface area contributed by atoms with Gasteiger partial charge in [0.25, 0.3) is 0 Å². The third-order valence-corrected chi connectivity index (χ3v) is 3.23. The number of carbonyl (C=O) groups excluding carboxylic acids is 2. The van der Waals surface area contributed by atoms with Gasteiger partial charge in [-0.15, -0.1) is 0 Å². The molecular weight excluding hydrogens is 377 g/mol. The summed E-state index contributed by atoms with van der Waals surface area (Å²) >= 11 is 3.14. The first kappa shape index (κ1) is 22.2. The van der Waals surface area contributed by atoms with E-state index in [9.17, 15) is 14.7 Å². The van der Waals surface area contributed by atoms with Crippen molar-refractivity contribution in [2.45, 2.75) is 38.8 Å². The number of benzene rings is 1. The molecule has 0 aliphatic rings. The van der Waals surface area contributed by atoms with Gasteiger partial charge in [0.05, 0.1) is 7.11 Å². The van der Waals surface area contributed by atoms with E-state index >= 15 is 0 Å². The van der Waals surface area contributed by atoms with Crippen LogP contribution in [0.3, 0.4) is 0 Å². The monoisotopic (exact) mass is 395 g/mol. The molecule has 0 saturated heterocycles. The first-order chi connectivity index (χ1) is 10.1. The summed E-state index contributed by atoms with van der Waals surface area (Å²) in [6.07, 6.45) is -0.521. The molecule has 23 heavy (non-hydrogen) atoms. The van der Waals surface area contributed by atoms with Gasteiger partial charge in [0.1, 0.15) is 11.6 Å². The maximum Gasteiger partial charge on any atom is 1.00 e. The second-order valence-electron chi connectivity index (χ2n) is 5.69. The summed E-state index contributed by atoms with van der Waals surface area (Å²) in [7, 11) is 1.24. The smallest absolute Gasteiger partial charge is 0.872 e.